The Hall–Kier alpha value is -3.12. The molecule has 3 aromatic carbocycles. The van der Waals surface area contributed by atoms with E-state index in [1.165, 1.54) is 5.56 Å². The molecular weight excluding hydrogens is 514 g/mol. The number of fused-ring (bicyclic) bond motifs is 1. The molecule has 4 aromatic rings. The number of aromatic nitrogens is 2. The van der Waals surface area contributed by atoms with Gasteiger partial charge in [-0.25, -0.2) is 4.98 Å². The fourth-order valence-electron chi connectivity index (χ4n) is 4.86. The van der Waals surface area contributed by atoms with Crippen molar-refractivity contribution in [3.05, 3.63) is 88.7 Å². The van der Waals surface area contributed by atoms with Crippen LogP contribution >= 0.6 is 15.9 Å². The first-order valence-electron chi connectivity index (χ1n) is 12.5. The standard InChI is InChI=1S/C30H32BrN3O2/c1-30(2,3)22-9-15-25(16-10-22)36-18-6-17-33-27-8-5-4-7-26(27)32-29(33)21-19-28(35)34(20-21)24-13-11-23(31)12-14-24/h4-5,7-16,21H,6,17-20H2,1-3H3. The SMILES string of the molecule is CC(C)(C)c1ccc(OCCCn2c(C3CC(=O)N(c4ccc(Br)cc4)C3)nc3ccccc32)cc1. The van der Waals surface area contributed by atoms with Gasteiger partial charge in [0, 0.05) is 35.6 Å². The molecule has 1 saturated heterocycles. The van der Waals surface area contributed by atoms with Crippen LogP contribution in [0.15, 0.2) is 77.3 Å². The van der Waals surface area contributed by atoms with E-state index in [4.69, 9.17) is 9.72 Å². The lowest BCUT2D eigenvalue weighted by Gasteiger charge is -2.19. The maximum absolute atomic E-state index is 12.9. The lowest BCUT2D eigenvalue weighted by atomic mass is 9.87. The van der Waals surface area contributed by atoms with E-state index in [1.54, 1.807) is 0 Å². The van der Waals surface area contributed by atoms with Crippen molar-refractivity contribution in [2.75, 3.05) is 18.1 Å². The number of carbonyl (C=O) groups is 1. The number of nitrogens with zero attached hydrogens (tertiary/aromatic N) is 3. The number of rotatable bonds is 7. The molecule has 1 unspecified atom stereocenters. The number of para-hydroxylation sites is 2. The van der Waals surface area contributed by atoms with Crippen LogP contribution in [0.5, 0.6) is 5.75 Å². The second-order valence-electron chi connectivity index (χ2n) is 10.5. The predicted molar refractivity (Wildman–Crippen MR) is 149 cm³/mol. The number of benzene rings is 3. The molecular formula is C30H32BrN3O2. The quantitative estimate of drug-likeness (QED) is 0.233. The molecule has 36 heavy (non-hydrogen) atoms. The van der Waals surface area contributed by atoms with Gasteiger partial charge in [-0.2, -0.15) is 0 Å². The molecule has 6 heteroatoms. The molecule has 5 nitrogen and oxygen atoms in total. The average Bonchev–Trinajstić information content (AvgIpc) is 3.42. The summed E-state index contributed by atoms with van der Waals surface area (Å²) in [6.07, 6.45) is 1.32. The zero-order valence-electron chi connectivity index (χ0n) is 21.1. The van der Waals surface area contributed by atoms with Gasteiger partial charge in [0.05, 0.1) is 17.6 Å². The van der Waals surface area contributed by atoms with Gasteiger partial charge < -0.3 is 14.2 Å². The highest BCUT2D eigenvalue weighted by atomic mass is 79.9. The van der Waals surface area contributed by atoms with Crippen molar-refractivity contribution in [3.63, 3.8) is 0 Å². The summed E-state index contributed by atoms with van der Waals surface area (Å²) in [5, 5.41) is 0. The number of halogens is 1. The van der Waals surface area contributed by atoms with Gasteiger partial charge >= 0.3 is 0 Å². The smallest absolute Gasteiger partial charge is 0.227 e. The normalized spacial score (nSPS) is 16.2. The Morgan fingerprint density at radius 3 is 2.44 bits per heavy atom. The lowest BCUT2D eigenvalue weighted by Crippen LogP contribution is -2.24. The minimum atomic E-state index is 0.0550. The molecule has 1 aliphatic rings. The maximum atomic E-state index is 12.9. The van der Waals surface area contributed by atoms with Gasteiger partial charge in [-0.1, -0.05) is 61.0 Å². The molecule has 0 N–H and O–H groups in total. The summed E-state index contributed by atoms with van der Waals surface area (Å²) >= 11 is 3.48. The highest BCUT2D eigenvalue weighted by Gasteiger charge is 2.34. The zero-order valence-corrected chi connectivity index (χ0v) is 22.7. The summed E-state index contributed by atoms with van der Waals surface area (Å²) in [5.41, 5.74) is 4.44. The minimum absolute atomic E-state index is 0.0550. The minimum Gasteiger partial charge on any atom is -0.494 e. The number of hydrogen-bond acceptors (Lipinski definition) is 3. The Balaban J connectivity index is 1.29. The molecule has 1 amide bonds. The van der Waals surface area contributed by atoms with E-state index in [0.29, 0.717) is 19.6 Å². The third kappa shape index (κ3) is 5.19. The highest BCUT2D eigenvalue weighted by molar-refractivity contribution is 9.10. The number of amides is 1. The fraction of sp³-hybridized carbons (Fsp3) is 0.333. The van der Waals surface area contributed by atoms with Crippen LogP contribution < -0.4 is 9.64 Å². The van der Waals surface area contributed by atoms with Crippen LogP contribution in [0, 0.1) is 0 Å². The Kier molecular flexibility index (Phi) is 6.89. The van der Waals surface area contributed by atoms with Gasteiger partial charge in [-0.05, 0) is 65.9 Å². The third-order valence-corrected chi connectivity index (χ3v) is 7.36. The molecule has 186 valence electrons. The van der Waals surface area contributed by atoms with E-state index in [0.717, 1.165) is 45.7 Å². The van der Waals surface area contributed by atoms with Crippen molar-refractivity contribution in [1.82, 2.24) is 9.55 Å². The number of ether oxygens (including phenoxy) is 1. The van der Waals surface area contributed by atoms with Gasteiger partial charge in [-0.15, -0.1) is 0 Å². The van der Waals surface area contributed by atoms with Crippen molar-refractivity contribution in [2.45, 2.75) is 51.5 Å². The number of hydrogen-bond donors (Lipinski definition) is 0. The molecule has 2 heterocycles. The summed E-state index contributed by atoms with van der Waals surface area (Å²) in [4.78, 5) is 19.8. The molecule has 0 radical (unpaired) electrons. The number of aryl methyl sites for hydroxylation is 1. The van der Waals surface area contributed by atoms with Crippen LogP contribution in [-0.2, 0) is 16.8 Å². The van der Waals surface area contributed by atoms with Crippen LogP contribution in [-0.4, -0.2) is 28.6 Å². The summed E-state index contributed by atoms with van der Waals surface area (Å²) in [6.45, 7) is 8.69. The second-order valence-corrected chi connectivity index (χ2v) is 11.4. The predicted octanol–water partition coefficient (Wildman–Crippen LogP) is 7.09. The molecule has 1 aromatic heterocycles. The van der Waals surface area contributed by atoms with Gasteiger partial charge in [0.25, 0.3) is 0 Å². The third-order valence-electron chi connectivity index (χ3n) is 6.83. The Morgan fingerprint density at radius 1 is 1.00 bits per heavy atom. The molecule has 1 atom stereocenters. The van der Waals surface area contributed by atoms with Gasteiger partial charge in [0.1, 0.15) is 11.6 Å². The molecule has 1 fully saturated rings. The monoisotopic (exact) mass is 545 g/mol. The first kappa shape index (κ1) is 24.6. The molecule has 0 bridgehead atoms. The number of carbonyl (C=O) groups excluding carboxylic acids is 1. The highest BCUT2D eigenvalue weighted by Crippen LogP contribution is 2.34. The van der Waals surface area contributed by atoms with Crippen molar-refractivity contribution in [3.8, 4) is 5.75 Å². The zero-order chi connectivity index (χ0) is 25.3. The molecule has 0 spiro atoms. The van der Waals surface area contributed by atoms with Crippen LogP contribution in [0.3, 0.4) is 0 Å². The van der Waals surface area contributed by atoms with Crippen LogP contribution in [0.25, 0.3) is 11.0 Å². The first-order valence-corrected chi connectivity index (χ1v) is 13.3. The fourth-order valence-corrected chi connectivity index (χ4v) is 5.12. The van der Waals surface area contributed by atoms with E-state index in [9.17, 15) is 4.79 Å². The summed E-state index contributed by atoms with van der Waals surface area (Å²) in [7, 11) is 0. The molecule has 0 aliphatic carbocycles. The molecule has 5 rings (SSSR count). The van der Waals surface area contributed by atoms with Gasteiger partial charge in [-0.3, -0.25) is 4.79 Å². The van der Waals surface area contributed by atoms with E-state index >= 15 is 0 Å². The van der Waals surface area contributed by atoms with Crippen molar-refractivity contribution < 1.29 is 9.53 Å². The largest absolute Gasteiger partial charge is 0.494 e. The Labute approximate surface area is 221 Å². The van der Waals surface area contributed by atoms with Crippen LogP contribution in [0.4, 0.5) is 5.69 Å². The van der Waals surface area contributed by atoms with Gasteiger partial charge in [0.15, 0.2) is 0 Å². The molecule has 0 saturated carbocycles. The van der Waals surface area contributed by atoms with E-state index in [1.807, 2.05) is 47.4 Å². The van der Waals surface area contributed by atoms with Crippen molar-refractivity contribution >= 4 is 38.6 Å². The Bertz CT molecular complexity index is 1350. The van der Waals surface area contributed by atoms with Gasteiger partial charge in [0.2, 0.25) is 5.91 Å². The Morgan fingerprint density at radius 2 is 1.72 bits per heavy atom. The average molecular weight is 547 g/mol. The summed E-state index contributed by atoms with van der Waals surface area (Å²) in [5.74, 6) is 2.08. The second kappa shape index (κ2) is 10.1. The lowest BCUT2D eigenvalue weighted by molar-refractivity contribution is -0.117. The van der Waals surface area contributed by atoms with E-state index in [2.05, 4.69) is 71.6 Å². The van der Waals surface area contributed by atoms with E-state index < -0.39 is 0 Å². The maximum Gasteiger partial charge on any atom is 0.227 e. The topological polar surface area (TPSA) is 47.4 Å². The van der Waals surface area contributed by atoms with Crippen molar-refractivity contribution in [1.29, 1.82) is 0 Å². The van der Waals surface area contributed by atoms with Crippen molar-refractivity contribution in [2.24, 2.45) is 0 Å². The molecule has 1 aliphatic heterocycles. The number of anilines is 1. The first-order chi connectivity index (χ1) is 17.3. The van der Waals surface area contributed by atoms with Crippen LogP contribution in [0.2, 0.25) is 0 Å². The number of imidazole rings is 1. The van der Waals surface area contributed by atoms with E-state index in [-0.39, 0.29) is 17.2 Å². The van der Waals surface area contributed by atoms with Crippen LogP contribution in [0.1, 0.15) is 50.9 Å². The summed E-state index contributed by atoms with van der Waals surface area (Å²) in [6, 6.07) is 24.5. The summed E-state index contributed by atoms with van der Waals surface area (Å²) < 4.78 is 9.34.